The molecule has 0 aromatic heterocycles. The van der Waals surface area contributed by atoms with Gasteiger partial charge in [-0.1, -0.05) is 61.9 Å². The standard InChI is InChI=1S/C27H32N2O5/c1-2-7-19(14-25(30)29(16-26(31)32)15-18-12-13-18)28-27(33)34-17-24-22-10-5-3-8-20(22)21-9-4-6-11-23(21)24/h3-6,8-11,18-19,24H,2,7,12-17H2,1H3,(H,28,33)(H,31,32). The maximum atomic E-state index is 12.8. The summed E-state index contributed by atoms with van der Waals surface area (Å²) in [5.74, 6) is -0.908. The Morgan fingerprint density at radius 1 is 1.06 bits per heavy atom. The molecule has 0 heterocycles. The lowest BCUT2D eigenvalue weighted by Gasteiger charge is -2.24. The van der Waals surface area contributed by atoms with Crippen LogP contribution in [0, 0.1) is 5.92 Å². The molecule has 7 heteroatoms. The van der Waals surface area contributed by atoms with Crippen LogP contribution in [0.2, 0.25) is 0 Å². The van der Waals surface area contributed by atoms with E-state index in [1.165, 1.54) is 4.90 Å². The number of fused-ring (bicyclic) bond motifs is 3. The maximum absolute atomic E-state index is 12.8. The first-order valence-corrected chi connectivity index (χ1v) is 12.1. The fourth-order valence-corrected chi connectivity index (χ4v) is 4.75. The van der Waals surface area contributed by atoms with Gasteiger partial charge >= 0.3 is 12.1 Å². The largest absolute Gasteiger partial charge is 0.480 e. The summed E-state index contributed by atoms with van der Waals surface area (Å²) in [6, 6.07) is 15.9. The molecule has 0 spiro atoms. The fraction of sp³-hybridized carbons (Fsp3) is 0.444. The van der Waals surface area contributed by atoms with E-state index in [2.05, 4.69) is 29.6 Å². The lowest BCUT2D eigenvalue weighted by molar-refractivity contribution is -0.144. The second-order valence-corrected chi connectivity index (χ2v) is 9.27. The Labute approximate surface area is 200 Å². The van der Waals surface area contributed by atoms with E-state index in [0.717, 1.165) is 41.5 Å². The highest BCUT2D eigenvalue weighted by Gasteiger charge is 2.31. The summed E-state index contributed by atoms with van der Waals surface area (Å²) in [6.45, 7) is 2.35. The number of hydrogen-bond donors (Lipinski definition) is 2. The molecule has 7 nitrogen and oxygen atoms in total. The van der Waals surface area contributed by atoms with Gasteiger partial charge < -0.3 is 20.1 Å². The molecule has 2 amide bonds. The van der Waals surface area contributed by atoms with E-state index < -0.39 is 18.1 Å². The van der Waals surface area contributed by atoms with Gasteiger partial charge in [-0.3, -0.25) is 9.59 Å². The number of benzene rings is 2. The predicted molar refractivity (Wildman–Crippen MR) is 128 cm³/mol. The van der Waals surface area contributed by atoms with E-state index >= 15 is 0 Å². The van der Waals surface area contributed by atoms with Crippen molar-refractivity contribution in [1.82, 2.24) is 10.2 Å². The number of alkyl carbamates (subject to hydrolysis) is 1. The average molecular weight is 465 g/mol. The second kappa shape index (κ2) is 10.7. The van der Waals surface area contributed by atoms with Crippen LogP contribution in [0.15, 0.2) is 48.5 Å². The van der Waals surface area contributed by atoms with E-state index in [4.69, 9.17) is 4.74 Å². The zero-order valence-corrected chi connectivity index (χ0v) is 19.5. The van der Waals surface area contributed by atoms with Crippen LogP contribution in [0.4, 0.5) is 4.79 Å². The zero-order chi connectivity index (χ0) is 24.1. The summed E-state index contributed by atoms with van der Waals surface area (Å²) in [4.78, 5) is 38.1. The number of carbonyl (C=O) groups excluding carboxylic acids is 2. The molecule has 4 rings (SSSR count). The van der Waals surface area contributed by atoms with E-state index in [-0.39, 0.29) is 31.4 Å². The van der Waals surface area contributed by atoms with Crippen LogP contribution in [0.25, 0.3) is 11.1 Å². The number of carbonyl (C=O) groups is 3. The first kappa shape index (κ1) is 23.8. The average Bonchev–Trinajstić information content (AvgIpc) is 3.57. The fourth-order valence-electron chi connectivity index (χ4n) is 4.75. The topological polar surface area (TPSA) is 95.9 Å². The quantitative estimate of drug-likeness (QED) is 0.514. The number of carboxylic acid groups (broad SMARTS) is 1. The molecule has 1 atom stereocenters. The van der Waals surface area contributed by atoms with Crippen molar-refractivity contribution in [3.63, 3.8) is 0 Å². The third-order valence-corrected chi connectivity index (χ3v) is 6.58. The molecule has 1 saturated carbocycles. The van der Waals surface area contributed by atoms with Gasteiger partial charge in [0.25, 0.3) is 0 Å². The molecule has 1 unspecified atom stereocenters. The van der Waals surface area contributed by atoms with Gasteiger partial charge in [0.05, 0.1) is 0 Å². The van der Waals surface area contributed by atoms with Gasteiger partial charge in [-0.2, -0.15) is 0 Å². The van der Waals surface area contributed by atoms with Gasteiger partial charge in [0.1, 0.15) is 13.2 Å². The Bertz CT molecular complexity index is 1000. The summed E-state index contributed by atoms with van der Waals surface area (Å²) in [5.41, 5.74) is 4.61. The molecule has 2 N–H and O–H groups in total. The highest BCUT2D eigenvalue weighted by molar-refractivity contribution is 5.82. The first-order chi connectivity index (χ1) is 16.5. The predicted octanol–water partition coefficient (Wildman–Crippen LogP) is 4.41. The maximum Gasteiger partial charge on any atom is 0.407 e. The third-order valence-electron chi connectivity index (χ3n) is 6.58. The molecule has 0 radical (unpaired) electrons. The summed E-state index contributed by atoms with van der Waals surface area (Å²) in [6.07, 6.45) is 2.96. The number of hydrogen-bond acceptors (Lipinski definition) is 4. The van der Waals surface area contributed by atoms with Crippen molar-refractivity contribution in [3.8, 4) is 11.1 Å². The van der Waals surface area contributed by atoms with Crippen LogP contribution >= 0.6 is 0 Å². The van der Waals surface area contributed by atoms with Crippen molar-refractivity contribution >= 4 is 18.0 Å². The summed E-state index contributed by atoms with van der Waals surface area (Å²) in [5, 5.41) is 12.0. The molecule has 2 aliphatic rings. The van der Waals surface area contributed by atoms with Crippen molar-refractivity contribution < 1.29 is 24.2 Å². The highest BCUT2D eigenvalue weighted by Crippen LogP contribution is 2.44. The Hall–Kier alpha value is -3.35. The van der Waals surface area contributed by atoms with Crippen LogP contribution in [0.3, 0.4) is 0 Å². The number of aliphatic carboxylic acids is 1. The van der Waals surface area contributed by atoms with Gasteiger partial charge in [0.15, 0.2) is 0 Å². The Morgan fingerprint density at radius 3 is 2.24 bits per heavy atom. The molecule has 2 aromatic rings. The van der Waals surface area contributed by atoms with Gasteiger partial charge in [0.2, 0.25) is 5.91 Å². The minimum atomic E-state index is -1.02. The van der Waals surface area contributed by atoms with Crippen LogP contribution < -0.4 is 5.32 Å². The number of nitrogens with one attached hydrogen (secondary N) is 1. The van der Waals surface area contributed by atoms with Gasteiger partial charge in [0, 0.05) is 24.9 Å². The monoisotopic (exact) mass is 464 g/mol. The van der Waals surface area contributed by atoms with Crippen molar-refractivity contribution in [2.75, 3.05) is 19.7 Å². The number of rotatable bonds is 11. The SMILES string of the molecule is CCCC(CC(=O)N(CC(=O)O)CC1CC1)NC(=O)OCC1c2ccccc2-c2ccccc21. The van der Waals surface area contributed by atoms with E-state index in [0.29, 0.717) is 18.9 Å². The molecule has 0 bridgehead atoms. The zero-order valence-electron chi connectivity index (χ0n) is 19.5. The molecular weight excluding hydrogens is 432 g/mol. The Kier molecular flexibility index (Phi) is 7.50. The summed E-state index contributed by atoms with van der Waals surface area (Å²) >= 11 is 0. The smallest absolute Gasteiger partial charge is 0.407 e. The van der Waals surface area contributed by atoms with Gasteiger partial charge in [-0.15, -0.1) is 0 Å². The van der Waals surface area contributed by atoms with Crippen molar-refractivity contribution in [2.24, 2.45) is 5.92 Å². The molecule has 0 aliphatic heterocycles. The number of amides is 2. The molecule has 0 saturated heterocycles. The minimum absolute atomic E-state index is 0.0333. The lowest BCUT2D eigenvalue weighted by atomic mass is 9.98. The summed E-state index contributed by atoms with van der Waals surface area (Å²) < 4.78 is 5.63. The third kappa shape index (κ3) is 5.76. The number of carboxylic acids is 1. The van der Waals surface area contributed by atoms with Crippen molar-refractivity contribution in [3.05, 3.63) is 59.7 Å². The van der Waals surface area contributed by atoms with Gasteiger partial charge in [-0.25, -0.2) is 4.79 Å². The lowest BCUT2D eigenvalue weighted by Crippen LogP contribution is -2.43. The Balaban J connectivity index is 1.36. The molecule has 180 valence electrons. The normalized spacial score (nSPS) is 15.2. The molecule has 2 aromatic carbocycles. The molecule has 1 fully saturated rings. The number of nitrogens with zero attached hydrogens (tertiary/aromatic N) is 1. The van der Waals surface area contributed by atoms with E-state index in [1.807, 2.05) is 31.2 Å². The van der Waals surface area contributed by atoms with Gasteiger partial charge in [-0.05, 0) is 47.4 Å². The molecule has 2 aliphatic carbocycles. The van der Waals surface area contributed by atoms with E-state index in [1.54, 1.807) is 0 Å². The summed E-state index contributed by atoms with van der Waals surface area (Å²) in [7, 11) is 0. The number of ether oxygens (including phenoxy) is 1. The first-order valence-electron chi connectivity index (χ1n) is 12.1. The van der Waals surface area contributed by atoms with E-state index in [9.17, 15) is 19.5 Å². The molecular formula is C27H32N2O5. The second-order valence-electron chi connectivity index (χ2n) is 9.27. The van der Waals surface area contributed by atoms with Crippen LogP contribution in [0.1, 0.15) is 56.1 Å². The van der Waals surface area contributed by atoms with Crippen molar-refractivity contribution in [2.45, 2.75) is 51.0 Å². The molecule has 34 heavy (non-hydrogen) atoms. The highest BCUT2D eigenvalue weighted by atomic mass is 16.5. The Morgan fingerprint density at radius 2 is 1.68 bits per heavy atom. The van der Waals surface area contributed by atoms with Crippen molar-refractivity contribution in [1.29, 1.82) is 0 Å². The van der Waals surface area contributed by atoms with Crippen LogP contribution in [-0.4, -0.2) is 53.7 Å². The van der Waals surface area contributed by atoms with Crippen LogP contribution in [-0.2, 0) is 14.3 Å². The van der Waals surface area contributed by atoms with Crippen LogP contribution in [0.5, 0.6) is 0 Å². The minimum Gasteiger partial charge on any atom is -0.480 e.